The number of benzene rings is 2. The summed E-state index contributed by atoms with van der Waals surface area (Å²) in [5.41, 5.74) is -4.28. The van der Waals surface area contributed by atoms with E-state index in [1.807, 2.05) is 4.90 Å². The van der Waals surface area contributed by atoms with E-state index < -0.39 is 65.6 Å². The number of anilines is 1. The van der Waals surface area contributed by atoms with Crippen molar-refractivity contribution >= 4 is 17.7 Å². The molecule has 252 valence electrons. The first-order valence-electron chi connectivity index (χ1n) is 14.2. The number of carbonyl (C=O) groups is 1. The Morgan fingerprint density at radius 3 is 2.00 bits per heavy atom. The van der Waals surface area contributed by atoms with Gasteiger partial charge in [0.15, 0.2) is 0 Å². The van der Waals surface area contributed by atoms with Crippen LogP contribution in [-0.4, -0.2) is 60.6 Å². The topological polar surface area (TPSA) is 84.6 Å². The van der Waals surface area contributed by atoms with Gasteiger partial charge in [-0.1, -0.05) is 0 Å². The summed E-state index contributed by atoms with van der Waals surface area (Å²) in [6.45, 7) is 3.91. The lowest BCUT2D eigenvalue weighted by Gasteiger charge is -2.40. The molecule has 2 aromatic carbocycles. The standard InChI is InChI=1S/C29H31F9N6O2/c1-4-43(22-7-9-42(10-8-22)25(39)41-40-3)23-6-5-19(27(30,31)32)13-18(23)15-44-16(2)24(46-26(44)45)17-11-20(28(33,34)35)14-21(12-17)29(36,37)38/h5-6,11-14,16,22,24,39H,4,7-10,15H2,1-3H3. The monoisotopic (exact) mass is 666 g/mol. The van der Waals surface area contributed by atoms with Gasteiger partial charge in [-0.25, -0.2) is 4.79 Å². The molecule has 2 saturated heterocycles. The van der Waals surface area contributed by atoms with Crippen LogP contribution in [0.4, 0.5) is 50.0 Å². The number of piperidine rings is 1. The minimum Gasteiger partial charge on any atom is -0.439 e. The van der Waals surface area contributed by atoms with Gasteiger partial charge < -0.3 is 14.5 Å². The third-order valence-corrected chi connectivity index (χ3v) is 8.13. The quantitative estimate of drug-likeness (QED) is 0.146. The molecule has 1 N–H and O–H groups in total. The second-order valence-electron chi connectivity index (χ2n) is 11.0. The number of carbonyl (C=O) groups excluding carboxylic acids is 1. The molecule has 0 aliphatic carbocycles. The van der Waals surface area contributed by atoms with Crippen LogP contribution < -0.4 is 4.90 Å². The van der Waals surface area contributed by atoms with E-state index in [9.17, 15) is 44.3 Å². The molecule has 2 aromatic rings. The molecule has 2 aliphatic heterocycles. The Balaban J connectivity index is 1.67. The van der Waals surface area contributed by atoms with Crippen molar-refractivity contribution in [2.45, 2.75) is 70.0 Å². The predicted octanol–water partition coefficient (Wildman–Crippen LogP) is 8.13. The number of nitrogens with zero attached hydrogens (tertiary/aromatic N) is 5. The second kappa shape index (κ2) is 13.0. The molecule has 1 amide bonds. The van der Waals surface area contributed by atoms with E-state index >= 15 is 0 Å². The highest BCUT2D eigenvalue weighted by Gasteiger charge is 2.44. The van der Waals surface area contributed by atoms with Gasteiger partial charge in [0, 0.05) is 38.4 Å². The first-order chi connectivity index (χ1) is 21.3. The first kappa shape index (κ1) is 34.8. The van der Waals surface area contributed by atoms with Gasteiger partial charge in [-0.2, -0.15) is 44.6 Å². The molecule has 0 bridgehead atoms. The minimum absolute atomic E-state index is 0.0153. The van der Waals surface area contributed by atoms with E-state index in [-0.39, 0.29) is 23.6 Å². The number of azo groups is 1. The van der Waals surface area contributed by atoms with E-state index in [0.717, 1.165) is 17.0 Å². The Morgan fingerprint density at radius 1 is 0.935 bits per heavy atom. The number of hydrogen-bond donors (Lipinski definition) is 1. The van der Waals surface area contributed by atoms with Crippen LogP contribution in [0.3, 0.4) is 0 Å². The summed E-state index contributed by atoms with van der Waals surface area (Å²) in [6, 6.07) is 2.66. The summed E-state index contributed by atoms with van der Waals surface area (Å²) in [5.74, 6) is -0.0153. The van der Waals surface area contributed by atoms with Crippen molar-refractivity contribution < 1.29 is 49.0 Å². The van der Waals surface area contributed by atoms with Crippen LogP contribution in [0.1, 0.15) is 60.6 Å². The number of cyclic esters (lactones) is 1. The van der Waals surface area contributed by atoms with Gasteiger partial charge in [0.2, 0.25) is 5.96 Å². The molecule has 17 heteroatoms. The predicted molar refractivity (Wildman–Crippen MR) is 148 cm³/mol. The summed E-state index contributed by atoms with van der Waals surface area (Å²) in [4.78, 5) is 17.6. The summed E-state index contributed by atoms with van der Waals surface area (Å²) < 4.78 is 128. The maximum Gasteiger partial charge on any atom is 0.416 e. The lowest BCUT2D eigenvalue weighted by atomic mass is 9.97. The highest BCUT2D eigenvalue weighted by Crippen LogP contribution is 2.42. The molecule has 46 heavy (non-hydrogen) atoms. The number of alkyl halides is 9. The number of ether oxygens (including phenoxy) is 1. The molecular formula is C29H31F9N6O2. The van der Waals surface area contributed by atoms with E-state index in [0.29, 0.717) is 50.3 Å². The summed E-state index contributed by atoms with van der Waals surface area (Å²) >= 11 is 0. The first-order valence-corrected chi connectivity index (χ1v) is 14.2. The maximum absolute atomic E-state index is 13.8. The SMILES string of the molecule is CCN(c1ccc(C(F)(F)F)cc1CN1C(=O)OC(c2cc(C(F)(F)F)cc(C(F)(F)F)c2)C1C)C1CCN(C(=N)N=NC)CC1. The fourth-order valence-electron chi connectivity index (χ4n) is 5.83. The van der Waals surface area contributed by atoms with Gasteiger partial charge in [0.05, 0.1) is 29.3 Å². The number of amides is 1. The Bertz CT molecular complexity index is 1430. The molecule has 2 unspecified atom stereocenters. The van der Waals surface area contributed by atoms with Crippen molar-refractivity contribution in [3.8, 4) is 0 Å². The Kier molecular flexibility index (Phi) is 9.83. The Morgan fingerprint density at radius 2 is 1.50 bits per heavy atom. The number of rotatable bonds is 6. The van der Waals surface area contributed by atoms with E-state index in [4.69, 9.17) is 10.1 Å². The average Bonchev–Trinajstić information content (AvgIpc) is 3.25. The Labute approximate surface area is 258 Å². The van der Waals surface area contributed by atoms with Gasteiger partial charge in [-0.3, -0.25) is 10.3 Å². The van der Waals surface area contributed by atoms with Gasteiger partial charge in [0.1, 0.15) is 6.10 Å². The highest BCUT2D eigenvalue weighted by atomic mass is 19.4. The van der Waals surface area contributed by atoms with Crippen LogP contribution in [-0.2, 0) is 29.8 Å². The van der Waals surface area contributed by atoms with E-state index in [1.54, 1.807) is 11.8 Å². The normalized spacial score (nSPS) is 20.0. The molecule has 0 saturated carbocycles. The van der Waals surface area contributed by atoms with Crippen molar-refractivity contribution in [1.29, 1.82) is 5.41 Å². The van der Waals surface area contributed by atoms with Crippen LogP contribution in [0.2, 0.25) is 0 Å². The molecule has 0 aromatic heterocycles. The number of guanidine groups is 1. The van der Waals surface area contributed by atoms with Crippen molar-refractivity contribution in [3.05, 3.63) is 64.2 Å². The molecule has 2 fully saturated rings. The highest BCUT2D eigenvalue weighted by molar-refractivity contribution is 5.77. The van der Waals surface area contributed by atoms with Crippen molar-refractivity contribution in [1.82, 2.24) is 9.80 Å². The van der Waals surface area contributed by atoms with Gasteiger partial charge in [-0.05, 0) is 74.2 Å². The summed E-state index contributed by atoms with van der Waals surface area (Å²) in [6.07, 6.45) is -16.6. The van der Waals surface area contributed by atoms with Crippen molar-refractivity contribution in [2.75, 3.05) is 31.6 Å². The fourth-order valence-corrected chi connectivity index (χ4v) is 5.83. The zero-order valence-corrected chi connectivity index (χ0v) is 24.9. The third kappa shape index (κ3) is 7.49. The summed E-state index contributed by atoms with van der Waals surface area (Å²) in [5, 5.41) is 15.3. The minimum atomic E-state index is -5.13. The van der Waals surface area contributed by atoms with E-state index in [2.05, 4.69) is 10.2 Å². The molecule has 0 spiro atoms. The average molecular weight is 667 g/mol. The van der Waals surface area contributed by atoms with Crippen molar-refractivity contribution in [2.24, 2.45) is 10.2 Å². The number of halogens is 9. The molecule has 2 heterocycles. The Hall–Kier alpha value is -4.05. The van der Waals surface area contributed by atoms with Crippen LogP contribution in [0.25, 0.3) is 0 Å². The molecular weight excluding hydrogens is 635 g/mol. The maximum atomic E-state index is 13.8. The van der Waals surface area contributed by atoms with Gasteiger partial charge in [0.25, 0.3) is 0 Å². The summed E-state index contributed by atoms with van der Waals surface area (Å²) in [7, 11) is 1.44. The zero-order chi connectivity index (χ0) is 34.2. The fraction of sp³-hybridized carbons (Fsp3) is 0.517. The van der Waals surface area contributed by atoms with Crippen LogP contribution >= 0.6 is 0 Å². The smallest absolute Gasteiger partial charge is 0.416 e. The number of likely N-dealkylation sites (tertiary alicyclic amines) is 1. The molecule has 8 nitrogen and oxygen atoms in total. The molecule has 4 rings (SSSR count). The van der Waals surface area contributed by atoms with Crippen LogP contribution in [0, 0.1) is 5.41 Å². The van der Waals surface area contributed by atoms with Gasteiger partial charge >= 0.3 is 24.6 Å². The second-order valence-corrected chi connectivity index (χ2v) is 11.0. The zero-order valence-electron chi connectivity index (χ0n) is 24.9. The van der Waals surface area contributed by atoms with E-state index in [1.165, 1.54) is 20.0 Å². The lowest BCUT2D eigenvalue weighted by molar-refractivity contribution is -0.143. The van der Waals surface area contributed by atoms with Crippen molar-refractivity contribution in [3.63, 3.8) is 0 Å². The molecule has 2 atom stereocenters. The third-order valence-electron chi connectivity index (χ3n) is 8.13. The molecule has 0 radical (unpaired) electrons. The van der Waals surface area contributed by atoms with Gasteiger partial charge in [-0.15, -0.1) is 5.11 Å². The lowest BCUT2D eigenvalue weighted by Crippen LogP contribution is -2.46. The largest absolute Gasteiger partial charge is 0.439 e. The number of hydrogen-bond acceptors (Lipinski definition) is 5. The number of nitrogens with one attached hydrogen (secondary N) is 1. The van der Waals surface area contributed by atoms with Crippen LogP contribution in [0.15, 0.2) is 46.6 Å². The van der Waals surface area contributed by atoms with Crippen LogP contribution in [0.5, 0.6) is 0 Å². The molecule has 2 aliphatic rings.